The number of halogens is 1. The van der Waals surface area contributed by atoms with Gasteiger partial charge in [0.15, 0.2) is 0 Å². The highest BCUT2D eigenvalue weighted by molar-refractivity contribution is 9.10. The number of nitrogens with zero attached hydrogens (tertiary/aromatic N) is 4. The fraction of sp³-hybridized carbons (Fsp3) is 0.222. The van der Waals surface area contributed by atoms with Gasteiger partial charge in [0.1, 0.15) is 17.6 Å². The van der Waals surface area contributed by atoms with Crippen molar-refractivity contribution in [2.75, 3.05) is 0 Å². The Balaban J connectivity index is 1.76. The van der Waals surface area contributed by atoms with Crippen molar-refractivity contribution in [3.05, 3.63) is 70.0 Å². The Morgan fingerprint density at radius 1 is 1.23 bits per heavy atom. The summed E-state index contributed by atoms with van der Waals surface area (Å²) in [7, 11) is 0. The van der Waals surface area contributed by atoms with Gasteiger partial charge in [-0.2, -0.15) is 0 Å². The van der Waals surface area contributed by atoms with Crippen LogP contribution in [0.2, 0.25) is 0 Å². The van der Waals surface area contributed by atoms with E-state index in [1.54, 1.807) is 25.1 Å². The maximum Gasteiger partial charge on any atom is 0.245 e. The van der Waals surface area contributed by atoms with Crippen LogP contribution in [0.25, 0.3) is 0 Å². The van der Waals surface area contributed by atoms with Crippen LogP contribution < -0.4 is 5.32 Å². The fourth-order valence-electron chi connectivity index (χ4n) is 2.62. The summed E-state index contributed by atoms with van der Waals surface area (Å²) >= 11 is 3.27. The van der Waals surface area contributed by atoms with Crippen molar-refractivity contribution in [1.82, 2.24) is 25.5 Å². The molecule has 2 N–H and O–H groups in total. The number of nitrogens with one attached hydrogen (secondary N) is 1. The van der Waals surface area contributed by atoms with Gasteiger partial charge in [-0.1, -0.05) is 36.4 Å². The summed E-state index contributed by atoms with van der Waals surface area (Å²) in [5.74, 6) is 0.563. The summed E-state index contributed by atoms with van der Waals surface area (Å²) in [5, 5.41) is 24.0. The Bertz CT molecular complexity index is 898. The van der Waals surface area contributed by atoms with Gasteiger partial charge in [-0.25, -0.2) is 4.68 Å². The van der Waals surface area contributed by atoms with E-state index in [-0.39, 0.29) is 11.7 Å². The second kappa shape index (κ2) is 8.09. The Kier molecular flexibility index (Phi) is 5.62. The molecule has 0 fully saturated rings. The number of rotatable bonds is 6. The van der Waals surface area contributed by atoms with E-state index in [9.17, 15) is 9.90 Å². The van der Waals surface area contributed by atoms with Crippen LogP contribution in [0.5, 0.6) is 5.75 Å². The zero-order valence-electron chi connectivity index (χ0n) is 14.1. The molecule has 1 atom stereocenters. The summed E-state index contributed by atoms with van der Waals surface area (Å²) in [5.41, 5.74) is 1.89. The maximum atomic E-state index is 12.8. The molecule has 3 aromatic rings. The molecule has 0 spiro atoms. The SMILES string of the molecule is Cc1nnnn1C(Cc1ccccc1)C(=O)NCc1ccc(O)c(Br)c1. The van der Waals surface area contributed by atoms with Gasteiger partial charge in [0, 0.05) is 13.0 Å². The Labute approximate surface area is 159 Å². The molecule has 1 aromatic heterocycles. The first-order valence-corrected chi connectivity index (χ1v) is 8.87. The van der Waals surface area contributed by atoms with Crippen molar-refractivity contribution in [1.29, 1.82) is 0 Å². The van der Waals surface area contributed by atoms with Gasteiger partial charge in [0.25, 0.3) is 0 Å². The van der Waals surface area contributed by atoms with Crippen LogP contribution in [0.1, 0.15) is 23.0 Å². The van der Waals surface area contributed by atoms with E-state index in [1.807, 2.05) is 30.3 Å². The molecular formula is C18H18BrN5O2. The number of amides is 1. The number of tetrazole rings is 1. The molecular weight excluding hydrogens is 398 g/mol. The predicted molar refractivity (Wildman–Crippen MR) is 99.4 cm³/mol. The number of benzene rings is 2. The summed E-state index contributed by atoms with van der Waals surface area (Å²) in [6.45, 7) is 2.10. The van der Waals surface area contributed by atoms with E-state index in [0.29, 0.717) is 23.3 Å². The lowest BCUT2D eigenvalue weighted by molar-refractivity contribution is -0.124. The van der Waals surface area contributed by atoms with E-state index >= 15 is 0 Å². The molecule has 0 saturated heterocycles. The third-order valence-electron chi connectivity index (χ3n) is 4.01. The lowest BCUT2D eigenvalue weighted by Crippen LogP contribution is -2.34. The van der Waals surface area contributed by atoms with Crippen LogP contribution in [-0.4, -0.2) is 31.2 Å². The predicted octanol–water partition coefficient (Wildman–Crippen LogP) is 2.55. The number of carbonyl (C=O) groups is 1. The number of carbonyl (C=O) groups excluding carboxylic acids is 1. The normalized spacial score (nSPS) is 11.9. The van der Waals surface area contributed by atoms with E-state index < -0.39 is 6.04 Å². The summed E-state index contributed by atoms with van der Waals surface area (Å²) < 4.78 is 2.12. The Morgan fingerprint density at radius 3 is 2.65 bits per heavy atom. The van der Waals surface area contributed by atoms with Crippen LogP contribution in [0.15, 0.2) is 53.0 Å². The second-order valence-electron chi connectivity index (χ2n) is 5.88. The van der Waals surface area contributed by atoms with Gasteiger partial charge >= 0.3 is 0 Å². The number of aromatic nitrogens is 4. The molecule has 134 valence electrons. The maximum absolute atomic E-state index is 12.8. The van der Waals surface area contributed by atoms with Gasteiger partial charge in [0.2, 0.25) is 5.91 Å². The molecule has 1 amide bonds. The average Bonchev–Trinajstić information content (AvgIpc) is 3.07. The first kappa shape index (κ1) is 18.1. The third kappa shape index (κ3) is 4.26. The van der Waals surface area contributed by atoms with Gasteiger partial charge in [-0.05, 0) is 56.5 Å². The molecule has 8 heteroatoms. The van der Waals surface area contributed by atoms with E-state index in [1.165, 1.54) is 4.68 Å². The van der Waals surface area contributed by atoms with Crippen LogP contribution in [0.3, 0.4) is 0 Å². The van der Waals surface area contributed by atoms with Gasteiger partial charge in [-0.3, -0.25) is 4.79 Å². The molecule has 0 radical (unpaired) electrons. The van der Waals surface area contributed by atoms with E-state index in [0.717, 1.165) is 11.1 Å². The number of aryl methyl sites for hydroxylation is 1. The van der Waals surface area contributed by atoms with Crippen LogP contribution in [0, 0.1) is 6.92 Å². The number of hydrogen-bond acceptors (Lipinski definition) is 5. The highest BCUT2D eigenvalue weighted by Crippen LogP contribution is 2.24. The molecule has 0 saturated carbocycles. The van der Waals surface area contributed by atoms with Gasteiger partial charge in [-0.15, -0.1) is 5.10 Å². The Morgan fingerprint density at radius 2 is 2.00 bits per heavy atom. The quantitative estimate of drug-likeness (QED) is 0.645. The minimum Gasteiger partial charge on any atom is -0.507 e. The smallest absolute Gasteiger partial charge is 0.245 e. The van der Waals surface area contributed by atoms with Gasteiger partial charge < -0.3 is 10.4 Å². The lowest BCUT2D eigenvalue weighted by Gasteiger charge is -2.18. The zero-order chi connectivity index (χ0) is 18.5. The van der Waals surface area contributed by atoms with Crippen molar-refractivity contribution < 1.29 is 9.90 Å². The summed E-state index contributed by atoms with van der Waals surface area (Å²) in [6.07, 6.45) is 0.484. The lowest BCUT2D eigenvalue weighted by atomic mass is 10.1. The fourth-order valence-corrected chi connectivity index (χ4v) is 3.05. The van der Waals surface area contributed by atoms with Crippen molar-refractivity contribution in [2.45, 2.75) is 25.9 Å². The summed E-state index contributed by atoms with van der Waals surface area (Å²) in [6, 6.07) is 14.3. The molecule has 0 aliphatic rings. The minimum atomic E-state index is -0.548. The standard InChI is InChI=1S/C18H18BrN5O2/c1-12-21-22-23-24(12)16(10-13-5-3-2-4-6-13)18(26)20-11-14-7-8-17(25)15(19)9-14/h2-9,16,25H,10-11H2,1H3,(H,20,26). The molecule has 3 rings (SSSR count). The van der Waals surface area contributed by atoms with Crippen LogP contribution >= 0.6 is 15.9 Å². The third-order valence-corrected chi connectivity index (χ3v) is 4.64. The molecule has 26 heavy (non-hydrogen) atoms. The van der Waals surface area contributed by atoms with E-state index in [2.05, 4.69) is 36.8 Å². The zero-order valence-corrected chi connectivity index (χ0v) is 15.7. The van der Waals surface area contributed by atoms with Crippen molar-refractivity contribution in [3.63, 3.8) is 0 Å². The van der Waals surface area contributed by atoms with Crippen molar-refractivity contribution >= 4 is 21.8 Å². The van der Waals surface area contributed by atoms with Crippen LogP contribution in [-0.2, 0) is 17.8 Å². The Hall–Kier alpha value is -2.74. The molecule has 1 unspecified atom stereocenters. The second-order valence-corrected chi connectivity index (χ2v) is 6.73. The number of aromatic hydroxyl groups is 1. The number of phenolic OH excluding ortho intramolecular Hbond substituents is 1. The topological polar surface area (TPSA) is 92.9 Å². The molecule has 0 aliphatic heterocycles. The molecule has 0 bridgehead atoms. The molecule has 7 nitrogen and oxygen atoms in total. The first-order chi connectivity index (χ1) is 12.5. The average molecular weight is 416 g/mol. The minimum absolute atomic E-state index is 0.159. The van der Waals surface area contributed by atoms with Crippen molar-refractivity contribution in [2.24, 2.45) is 0 Å². The first-order valence-electron chi connectivity index (χ1n) is 8.08. The molecule has 2 aromatic carbocycles. The largest absolute Gasteiger partial charge is 0.507 e. The summed E-state index contributed by atoms with van der Waals surface area (Å²) in [4.78, 5) is 12.8. The highest BCUT2D eigenvalue weighted by Gasteiger charge is 2.24. The van der Waals surface area contributed by atoms with E-state index in [4.69, 9.17) is 0 Å². The number of hydrogen-bond donors (Lipinski definition) is 2. The van der Waals surface area contributed by atoms with Gasteiger partial charge in [0.05, 0.1) is 4.47 Å². The van der Waals surface area contributed by atoms with Crippen LogP contribution in [0.4, 0.5) is 0 Å². The number of phenols is 1. The molecule has 0 aliphatic carbocycles. The highest BCUT2D eigenvalue weighted by atomic mass is 79.9. The van der Waals surface area contributed by atoms with Crippen molar-refractivity contribution in [3.8, 4) is 5.75 Å². The molecule has 1 heterocycles. The monoisotopic (exact) mass is 415 g/mol.